The zero-order valence-electron chi connectivity index (χ0n) is 14.4. The lowest BCUT2D eigenvalue weighted by Crippen LogP contribution is -2.35. The van der Waals surface area contributed by atoms with Crippen LogP contribution in [-0.4, -0.2) is 30.3 Å². The minimum absolute atomic E-state index is 0.0110. The zero-order chi connectivity index (χ0) is 17.5. The average Bonchev–Trinajstić information content (AvgIpc) is 3.05. The summed E-state index contributed by atoms with van der Waals surface area (Å²) < 4.78 is 4.95. The number of Topliss-reactive ketones (excluding diaryl/α,β-unsaturated/α-hetero) is 1. The first-order valence-electron chi connectivity index (χ1n) is 8.51. The molecule has 1 aromatic carbocycles. The maximum absolute atomic E-state index is 12.2. The molecule has 0 unspecified atom stereocenters. The monoisotopic (exact) mass is 331 g/mol. The van der Waals surface area contributed by atoms with Gasteiger partial charge in [-0.1, -0.05) is 30.5 Å². The van der Waals surface area contributed by atoms with Gasteiger partial charge < -0.3 is 10.1 Å². The van der Waals surface area contributed by atoms with Crippen molar-refractivity contribution in [3.63, 3.8) is 0 Å². The van der Waals surface area contributed by atoms with E-state index in [1.165, 1.54) is 0 Å². The summed E-state index contributed by atoms with van der Waals surface area (Å²) in [5.41, 5.74) is 2.55. The molecule has 5 nitrogen and oxygen atoms in total. The number of ketones is 1. The summed E-state index contributed by atoms with van der Waals surface area (Å²) in [5, 5.41) is 2.86. The van der Waals surface area contributed by atoms with Crippen LogP contribution in [0.1, 0.15) is 60.0 Å². The van der Waals surface area contributed by atoms with Crippen molar-refractivity contribution >= 4 is 17.7 Å². The van der Waals surface area contributed by atoms with Gasteiger partial charge in [0.1, 0.15) is 0 Å². The van der Waals surface area contributed by atoms with E-state index in [0.29, 0.717) is 5.56 Å². The Hall–Kier alpha value is -2.17. The summed E-state index contributed by atoms with van der Waals surface area (Å²) >= 11 is 0. The predicted octanol–water partition coefficient (Wildman–Crippen LogP) is 2.87. The quantitative estimate of drug-likeness (QED) is 0.616. The lowest BCUT2D eigenvalue weighted by atomic mass is 9.99. The van der Waals surface area contributed by atoms with Crippen LogP contribution in [0, 0.1) is 13.8 Å². The van der Waals surface area contributed by atoms with Crippen LogP contribution >= 0.6 is 0 Å². The highest BCUT2D eigenvalue weighted by atomic mass is 16.5. The molecule has 130 valence electrons. The van der Waals surface area contributed by atoms with Crippen LogP contribution in [0.5, 0.6) is 0 Å². The molecule has 24 heavy (non-hydrogen) atoms. The Kier molecular flexibility index (Phi) is 6.53. The first-order valence-corrected chi connectivity index (χ1v) is 8.51. The molecule has 0 heterocycles. The van der Waals surface area contributed by atoms with Crippen LogP contribution < -0.4 is 5.32 Å². The predicted molar refractivity (Wildman–Crippen MR) is 90.8 cm³/mol. The third-order valence-electron chi connectivity index (χ3n) is 4.33. The number of hydrogen-bond donors (Lipinski definition) is 1. The molecular formula is C19H25NO4. The number of carbonyl (C=O) groups excluding carboxylic acids is 3. The van der Waals surface area contributed by atoms with Gasteiger partial charge in [0.2, 0.25) is 0 Å². The number of aryl methyl sites for hydroxylation is 2. The van der Waals surface area contributed by atoms with Gasteiger partial charge in [-0.05, 0) is 38.3 Å². The highest BCUT2D eigenvalue weighted by Crippen LogP contribution is 2.17. The molecule has 1 aliphatic carbocycles. The summed E-state index contributed by atoms with van der Waals surface area (Å²) in [6, 6.07) is 5.89. The molecule has 0 aromatic heterocycles. The summed E-state index contributed by atoms with van der Waals surface area (Å²) in [7, 11) is 0. The van der Waals surface area contributed by atoms with Crippen LogP contribution in [0.4, 0.5) is 0 Å². The number of ether oxygens (including phenoxy) is 1. The average molecular weight is 331 g/mol. The Balaban J connectivity index is 1.71. The van der Waals surface area contributed by atoms with Gasteiger partial charge in [-0.25, -0.2) is 0 Å². The Bertz CT molecular complexity index is 618. The summed E-state index contributed by atoms with van der Waals surface area (Å²) in [5.74, 6) is -0.866. The van der Waals surface area contributed by atoms with Crippen molar-refractivity contribution in [2.45, 2.75) is 58.4 Å². The second-order valence-electron chi connectivity index (χ2n) is 6.45. The molecule has 0 aliphatic heterocycles. The van der Waals surface area contributed by atoms with Gasteiger partial charge in [0.15, 0.2) is 12.4 Å². The Labute approximate surface area is 142 Å². The third kappa shape index (κ3) is 5.48. The fraction of sp³-hybridized carbons (Fsp3) is 0.526. The lowest BCUT2D eigenvalue weighted by Gasteiger charge is -2.12. The normalized spacial score (nSPS) is 14.4. The number of benzene rings is 1. The van der Waals surface area contributed by atoms with Crippen molar-refractivity contribution in [3.8, 4) is 0 Å². The van der Waals surface area contributed by atoms with Gasteiger partial charge in [-0.2, -0.15) is 0 Å². The van der Waals surface area contributed by atoms with E-state index in [0.717, 1.165) is 36.8 Å². The molecule has 0 radical (unpaired) electrons. The molecule has 0 atom stereocenters. The number of esters is 1. The second-order valence-corrected chi connectivity index (χ2v) is 6.45. The van der Waals surface area contributed by atoms with E-state index in [4.69, 9.17) is 4.74 Å². The van der Waals surface area contributed by atoms with Crippen LogP contribution in [0.2, 0.25) is 0 Å². The van der Waals surface area contributed by atoms with E-state index in [2.05, 4.69) is 5.32 Å². The summed E-state index contributed by atoms with van der Waals surface area (Å²) in [6.07, 6.45) is 4.32. The molecule has 1 aromatic rings. The molecule has 1 amide bonds. The number of carbonyl (C=O) groups is 3. The maximum atomic E-state index is 12.2. The molecular weight excluding hydrogens is 306 g/mol. The fourth-order valence-electron chi connectivity index (χ4n) is 2.94. The molecule has 1 aliphatic rings. The molecule has 1 N–H and O–H groups in total. The second kappa shape index (κ2) is 8.62. The Morgan fingerprint density at radius 3 is 2.54 bits per heavy atom. The molecule has 0 bridgehead atoms. The van der Waals surface area contributed by atoms with Crippen molar-refractivity contribution < 1.29 is 19.1 Å². The first kappa shape index (κ1) is 18.2. The van der Waals surface area contributed by atoms with Crippen LogP contribution in [0.25, 0.3) is 0 Å². The smallest absolute Gasteiger partial charge is 0.306 e. The number of nitrogens with one attached hydrogen (secondary N) is 1. The van der Waals surface area contributed by atoms with Gasteiger partial charge >= 0.3 is 5.97 Å². The minimum Gasteiger partial charge on any atom is -0.456 e. The Morgan fingerprint density at radius 2 is 1.83 bits per heavy atom. The highest BCUT2D eigenvalue weighted by Gasteiger charge is 2.18. The summed E-state index contributed by atoms with van der Waals surface area (Å²) in [6.45, 7) is 3.53. The minimum atomic E-state index is -0.518. The van der Waals surface area contributed by atoms with Gasteiger partial charge in [0.05, 0.1) is 6.42 Å². The molecule has 2 rings (SSSR count). The van der Waals surface area contributed by atoms with E-state index >= 15 is 0 Å². The zero-order valence-corrected chi connectivity index (χ0v) is 14.4. The van der Waals surface area contributed by atoms with Crippen molar-refractivity contribution in [1.29, 1.82) is 0 Å². The maximum Gasteiger partial charge on any atom is 0.306 e. The first-order chi connectivity index (χ1) is 11.5. The molecule has 5 heteroatoms. The van der Waals surface area contributed by atoms with Gasteiger partial charge in [-0.15, -0.1) is 0 Å². The van der Waals surface area contributed by atoms with Crippen molar-refractivity contribution in [2.24, 2.45) is 0 Å². The van der Waals surface area contributed by atoms with Crippen molar-refractivity contribution in [1.82, 2.24) is 5.32 Å². The topological polar surface area (TPSA) is 72.5 Å². The van der Waals surface area contributed by atoms with Crippen molar-refractivity contribution in [2.75, 3.05) is 6.61 Å². The standard InChI is InChI=1S/C19H25NO4/c1-13-7-8-14(2)16(11-13)17(21)9-10-19(23)24-12-18(22)20-15-5-3-4-6-15/h7-8,11,15H,3-6,9-10,12H2,1-2H3,(H,20,22). The highest BCUT2D eigenvalue weighted by molar-refractivity contribution is 5.99. The van der Waals surface area contributed by atoms with Gasteiger partial charge in [0.25, 0.3) is 5.91 Å². The van der Waals surface area contributed by atoms with Crippen molar-refractivity contribution in [3.05, 3.63) is 34.9 Å². The fourth-order valence-corrected chi connectivity index (χ4v) is 2.94. The van der Waals surface area contributed by atoms with Crippen LogP contribution in [0.15, 0.2) is 18.2 Å². The van der Waals surface area contributed by atoms with Gasteiger partial charge in [-0.3, -0.25) is 14.4 Å². The Morgan fingerprint density at radius 1 is 1.12 bits per heavy atom. The van der Waals surface area contributed by atoms with Crippen LogP contribution in [0.3, 0.4) is 0 Å². The largest absolute Gasteiger partial charge is 0.456 e. The number of rotatable bonds is 7. The summed E-state index contributed by atoms with van der Waals surface area (Å²) in [4.78, 5) is 35.6. The van der Waals surface area contributed by atoms with Crippen LogP contribution in [-0.2, 0) is 14.3 Å². The number of hydrogen-bond acceptors (Lipinski definition) is 4. The van der Waals surface area contributed by atoms with E-state index in [-0.39, 0.29) is 37.2 Å². The van der Waals surface area contributed by atoms with Gasteiger partial charge in [0, 0.05) is 18.0 Å². The van der Waals surface area contributed by atoms with E-state index in [1.807, 2.05) is 32.0 Å². The molecule has 1 fully saturated rings. The number of amides is 1. The molecule has 1 saturated carbocycles. The molecule has 0 spiro atoms. The van der Waals surface area contributed by atoms with E-state index < -0.39 is 5.97 Å². The lowest BCUT2D eigenvalue weighted by molar-refractivity contribution is -0.148. The van der Waals surface area contributed by atoms with E-state index in [1.54, 1.807) is 0 Å². The SMILES string of the molecule is Cc1ccc(C)c(C(=O)CCC(=O)OCC(=O)NC2CCCC2)c1. The molecule has 0 saturated heterocycles. The van der Waals surface area contributed by atoms with E-state index in [9.17, 15) is 14.4 Å². The third-order valence-corrected chi connectivity index (χ3v) is 4.33.